The van der Waals surface area contributed by atoms with Crippen LogP contribution >= 0.6 is 0 Å². The maximum absolute atomic E-state index is 14.0. The molecule has 10 atom stereocenters. The molecule has 0 radical (unpaired) electrons. The van der Waals surface area contributed by atoms with E-state index in [9.17, 15) is 63.0 Å². The SMILES string of the molecule is CC[C@H](C)[C@H](NC(=O)[C@H](CCCCN)NC(=O)[C@H](CO)NC(=O)[C@H](C)NC(=O)[C@@H](NC(=O)[C@@H](N)CCCCN)C(C)C)C(=O)N[C@H](C(=O)NCC(=O)N1CCC[C@H]1C(=O)N[C@@H](CO)C(=O)NCC(=O)O)C(C)C. The van der Waals surface area contributed by atoms with Gasteiger partial charge in [0.15, 0.2) is 0 Å². The van der Waals surface area contributed by atoms with E-state index in [1.807, 2.05) is 0 Å². The van der Waals surface area contributed by atoms with Gasteiger partial charge in [-0.2, -0.15) is 0 Å². The van der Waals surface area contributed by atoms with Gasteiger partial charge in [0, 0.05) is 6.54 Å². The Hall–Kier alpha value is -6.03. The number of likely N-dealkylation sites (tertiary alicyclic amines) is 1. The van der Waals surface area contributed by atoms with E-state index in [0.29, 0.717) is 51.5 Å². The van der Waals surface area contributed by atoms with Crippen LogP contribution in [0.25, 0.3) is 0 Å². The smallest absolute Gasteiger partial charge is 0.322 e. The number of aliphatic hydroxyl groups excluding tert-OH is 2. The lowest BCUT2D eigenvalue weighted by Gasteiger charge is -2.30. The van der Waals surface area contributed by atoms with E-state index in [-0.39, 0.29) is 25.9 Å². The molecule has 1 saturated heterocycles. The molecule has 1 rings (SSSR count). The van der Waals surface area contributed by atoms with Gasteiger partial charge < -0.3 is 85.3 Å². The zero-order valence-corrected chi connectivity index (χ0v) is 43.3. The lowest BCUT2D eigenvalue weighted by Crippen LogP contribution is -2.61. The molecule has 18 N–H and O–H groups in total. The number of amides is 10. The Kier molecular flexibility index (Phi) is 30.0. The summed E-state index contributed by atoms with van der Waals surface area (Å²) in [6.07, 6.45) is 3.40. The van der Waals surface area contributed by atoms with Gasteiger partial charge in [-0.1, -0.05) is 54.4 Å². The maximum Gasteiger partial charge on any atom is 0.322 e. The largest absolute Gasteiger partial charge is 0.480 e. The number of rotatable bonds is 34. The lowest BCUT2D eigenvalue weighted by atomic mass is 9.95. The highest BCUT2D eigenvalue weighted by Crippen LogP contribution is 2.18. The van der Waals surface area contributed by atoms with E-state index in [1.54, 1.807) is 41.5 Å². The minimum atomic E-state index is -1.60. The van der Waals surface area contributed by atoms with E-state index < -0.39 is 163 Å². The highest BCUT2D eigenvalue weighted by molar-refractivity contribution is 5.98. The molecular weight excluding hydrogens is 959 g/mol. The molecule has 0 aromatic carbocycles. The van der Waals surface area contributed by atoms with Gasteiger partial charge in [0.05, 0.1) is 25.8 Å². The number of nitrogens with one attached hydrogen (secondary N) is 9. The van der Waals surface area contributed by atoms with Crippen LogP contribution in [0.4, 0.5) is 0 Å². The minimum Gasteiger partial charge on any atom is -0.480 e. The second-order valence-corrected chi connectivity index (χ2v) is 18.9. The Balaban J connectivity index is 3.10. The molecule has 0 saturated carbocycles. The van der Waals surface area contributed by atoms with Crippen molar-refractivity contribution in [3.05, 3.63) is 0 Å². The van der Waals surface area contributed by atoms with Gasteiger partial charge in [0.1, 0.15) is 54.9 Å². The molecule has 0 bridgehead atoms. The summed E-state index contributed by atoms with van der Waals surface area (Å²) >= 11 is 0. The number of aliphatic hydroxyl groups is 2. The molecule has 0 unspecified atom stereocenters. The number of aliphatic carboxylic acids is 1. The van der Waals surface area contributed by atoms with Crippen LogP contribution in [0.2, 0.25) is 0 Å². The van der Waals surface area contributed by atoms with Gasteiger partial charge in [0.25, 0.3) is 0 Å². The molecule has 73 heavy (non-hydrogen) atoms. The number of carboxylic acids is 1. The predicted molar refractivity (Wildman–Crippen MR) is 265 cm³/mol. The van der Waals surface area contributed by atoms with Gasteiger partial charge >= 0.3 is 5.97 Å². The van der Waals surface area contributed by atoms with Crippen molar-refractivity contribution in [1.82, 2.24) is 52.8 Å². The highest BCUT2D eigenvalue weighted by Gasteiger charge is 2.38. The van der Waals surface area contributed by atoms with Crippen molar-refractivity contribution in [1.29, 1.82) is 0 Å². The second-order valence-electron chi connectivity index (χ2n) is 18.9. The fourth-order valence-electron chi connectivity index (χ4n) is 7.52. The molecule has 416 valence electrons. The quantitative estimate of drug-likeness (QED) is 0.0268. The molecule has 27 nitrogen and oxygen atoms in total. The van der Waals surface area contributed by atoms with E-state index in [4.69, 9.17) is 22.3 Å². The Morgan fingerprint density at radius 2 is 1.05 bits per heavy atom. The number of carboxylic acid groups (broad SMARTS) is 1. The predicted octanol–water partition coefficient (Wildman–Crippen LogP) is -5.36. The Labute approximate surface area is 426 Å². The number of carbonyl (C=O) groups excluding carboxylic acids is 10. The first-order chi connectivity index (χ1) is 34.4. The van der Waals surface area contributed by atoms with Gasteiger partial charge in [-0.3, -0.25) is 52.7 Å². The summed E-state index contributed by atoms with van der Waals surface area (Å²) in [5.41, 5.74) is 17.2. The van der Waals surface area contributed by atoms with Gasteiger partial charge in [-0.05, 0) is 82.7 Å². The van der Waals surface area contributed by atoms with Crippen molar-refractivity contribution in [3.63, 3.8) is 0 Å². The summed E-state index contributed by atoms with van der Waals surface area (Å²) in [6.45, 7) is 9.12. The first kappa shape index (κ1) is 65.0. The molecule has 1 aliphatic heterocycles. The molecule has 0 aliphatic carbocycles. The molecule has 0 aromatic rings. The highest BCUT2D eigenvalue weighted by atomic mass is 16.4. The number of unbranched alkanes of at least 4 members (excludes halogenated alkanes) is 2. The third-order valence-electron chi connectivity index (χ3n) is 12.3. The first-order valence-electron chi connectivity index (χ1n) is 25.0. The number of carbonyl (C=O) groups is 11. The molecule has 0 aromatic heterocycles. The Morgan fingerprint density at radius 3 is 1.60 bits per heavy atom. The van der Waals surface area contributed by atoms with E-state index in [2.05, 4.69) is 47.9 Å². The standard InChI is InChI=1S/C46H83N13O14/c1-8-26(6)37(46(73)57-35(24(2)3)44(71)50-20-33(62)59-19-13-16-32(59)43(70)55-30(22-60)40(67)51-21-34(63)64)58-41(68)29(15-10-12-18-48)53-42(69)31(23-61)54-38(65)27(7)52-45(72)36(25(4)5)56-39(66)28(49)14-9-11-17-47/h24-32,35-37,60-61H,8-23,47-49H2,1-7H3,(H,50,71)(H,51,67)(H,52,72)(H,53,69)(H,54,65)(H,55,70)(H,56,66)(H,57,73)(H,58,68)(H,63,64)/t26-,27-,28-,29-,30-,31-,32-,35-,36-,37-/m0/s1. The van der Waals surface area contributed by atoms with Crippen LogP contribution in [-0.2, 0) is 52.7 Å². The molecule has 27 heteroatoms. The summed E-state index contributed by atoms with van der Waals surface area (Å²) in [5.74, 6) is -10.7. The third-order valence-corrected chi connectivity index (χ3v) is 12.3. The van der Waals surface area contributed by atoms with Gasteiger partial charge in [0.2, 0.25) is 59.1 Å². The average Bonchev–Trinajstić information content (AvgIpc) is 3.85. The van der Waals surface area contributed by atoms with E-state index >= 15 is 0 Å². The lowest BCUT2D eigenvalue weighted by molar-refractivity contribution is -0.141. The summed E-state index contributed by atoms with van der Waals surface area (Å²) in [4.78, 5) is 145. The van der Waals surface area contributed by atoms with Crippen molar-refractivity contribution < 1.29 is 68.1 Å². The first-order valence-corrected chi connectivity index (χ1v) is 25.0. The fraction of sp³-hybridized carbons (Fsp3) is 0.761. The van der Waals surface area contributed by atoms with Crippen LogP contribution in [0.15, 0.2) is 0 Å². The van der Waals surface area contributed by atoms with Crippen LogP contribution in [0.5, 0.6) is 0 Å². The molecular formula is C46H83N13O14. The summed E-state index contributed by atoms with van der Waals surface area (Å²) in [7, 11) is 0. The number of hydrogen-bond acceptors (Lipinski definition) is 16. The van der Waals surface area contributed by atoms with Crippen LogP contribution in [-0.4, -0.2) is 186 Å². The van der Waals surface area contributed by atoms with E-state index in [1.165, 1.54) is 11.8 Å². The van der Waals surface area contributed by atoms with Crippen molar-refractivity contribution in [2.45, 2.75) is 161 Å². The topological polar surface area (TPSA) is 438 Å². The summed E-state index contributed by atoms with van der Waals surface area (Å²) in [5, 5.41) is 50.9. The van der Waals surface area contributed by atoms with Crippen LogP contribution in [0.3, 0.4) is 0 Å². The Bertz CT molecular complexity index is 1870. The zero-order valence-electron chi connectivity index (χ0n) is 43.3. The van der Waals surface area contributed by atoms with Gasteiger partial charge in [-0.15, -0.1) is 0 Å². The number of nitrogens with zero attached hydrogens (tertiary/aromatic N) is 1. The van der Waals surface area contributed by atoms with Crippen LogP contribution < -0.4 is 65.1 Å². The maximum atomic E-state index is 14.0. The number of nitrogens with two attached hydrogens (primary N) is 3. The van der Waals surface area contributed by atoms with Crippen molar-refractivity contribution in [3.8, 4) is 0 Å². The summed E-state index contributed by atoms with van der Waals surface area (Å²) in [6, 6.07) is -11.2. The molecule has 1 aliphatic rings. The normalized spacial score (nSPS) is 17.0. The zero-order chi connectivity index (χ0) is 55.5. The molecule has 1 fully saturated rings. The van der Waals surface area contributed by atoms with Crippen LogP contribution in [0.1, 0.15) is 106 Å². The number of hydrogen-bond donors (Lipinski definition) is 15. The van der Waals surface area contributed by atoms with Crippen molar-refractivity contribution in [2.24, 2.45) is 35.0 Å². The van der Waals surface area contributed by atoms with Gasteiger partial charge in [-0.25, -0.2) is 0 Å². The van der Waals surface area contributed by atoms with Crippen LogP contribution in [0, 0.1) is 17.8 Å². The molecule has 1 heterocycles. The molecule has 0 spiro atoms. The van der Waals surface area contributed by atoms with Crippen molar-refractivity contribution >= 4 is 65.0 Å². The van der Waals surface area contributed by atoms with Crippen molar-refractivity contribution in [2.75, 3.05) is 45.9 Å². The monoisotopic (exact) mass is 1040 g/mol. The third kappa shape index (κ3) is 22.3. The Morgan fingerprint density at radius 1 is 0.562 bits per heavy atom. The van der Waals surface area contributed by atoms with E-state index in [0.717, 1.165) is 0 Å². The fourth-order valence-corrected chi connectivity index (χ4v) is 7.52. The summed E-state index contributed by atoms with van der Waals surface area (Å²) < 4.78 is 0. The average molecular weight is 1040 g/mol. The second kappa shape index (κ2) is 33.6. The molecule has 10 amide bonds. The minimum absolute atomic E-state index is 0.0237.